The Kier molecular flexibility index (Phi) is 3.11. The van der Waals surface area contributed by atoms with Gasteiger partial charge >= 0.3 is 0 Å². The first-order valence-corrected chi connectivity index (χ1v) is 12.0. The fourth-order valence-electron chi connectivity index (χ4n) is 6.48. The summed E-state index contributed by atoms with van der Waals surface area (Å²) in [5, 5.41) is 3.50. The molecule has 0 atom stereocenters. The Morgan fingerprint density at radius 1 is 0.629 bits per heavy atom. The Balaban J connectivity index is 1.38. The maximum Gasteiger partial charge on any atom is 0.164 e. The smallest absolute Gasteiger partial charge is 0.164 e. The number of rotatable bonds is 0. The van der Waals surface area contributed by atoms with Crippen molar-refractivity contribution in [2.75, 3.05) is 0 Å². The minimum atomic E-state index is 0.886. The molecule has 0 radical (unpaired) electrons. The zero-order chi connectivity index (χ0) is 22.7. The van der Waals surface area contributed by atoms with E-state index in [0.717, 1.165) is 45.9 Å². The average molecular weight is 447 g/mol. The van der Waals surface area contributed by atoms with Crippen LogP contribution < -0.4 is 0 Å². The van der Waals surface area contributed by atoms with Gasteiger partial charge in [0, 0.05) is 29.4 Å². The standard InChI is InChI=1S/C31H18N4/c1-2-5-19-17(4-1)12-23-20(19)7-8-21-22-15-26-25(14-18(22)13-24(21)23)27-16-32-11-9-29(27)35-30(26)34-28-6-3-10-33-31(28)35/h1-11,14-16H,12-13H2. The van der Waals surface area contributed by atoms with Crippen LogP contribution in [0.25, 0.3) is 60.7 Å². The van der Waals surface area contributed by atoms with E-state index >= 15 is 0 Å². The van der Waals surface area contributed by atoms with Crippen LogP contribution in [0.1, 0.15) is 22.3 Å². The van der Waals surface area contributed by atoms with Gasteiger partial charge < -0.3 is 0 Å². The molecule has 7 aromatic rings. The lowest BCUT2D eigenvalue weighted by Gasteiger charge is -2.11. The molecule has 2 aliphatic rings. The highest BCUT2D eigenvalue weighted by atomic mass is 15.1. The third-order valence-electron chi connectivity index (χ3n) is 7.99. The number of benzene rings is 3. The second-order valence-electron chi connectivity index (χ2n) is 9.69. The van der Waals surface area contributed by atoms with Crippen molar-refractivity contribution in [2.24, 2.45) is 0 Å². The maximum atomic E-state index is 5.04. The van der Waals surface area contributed by atoms with Gasteiger partial charge in [-0.25, -0.2) is 9.97 Å². The molecule has 162 valence electrons. The third kappa shape index (κ3) is 2.15. The monoisotopic (exact) mass is 446 g/mol. The Labute approximate surface area is 200 Å². The number of nitrogens with zero attached hydrogens (tertiary/aromatic N) is 4. The summed E-state index contributed by atoms with van der Waals surface area (Å²) in [7, 11) is 0. The SMILES string of the molecule is c1ccc2c(c1)Cc1c-2ccc2c1Cc1cc3c4cnccc4n4c5ncccc5nc4c3cc1-2. The summed E-state index contributed by atoms with van der Waals surface area (Å²) in [5.41, 5.74) is 15.1. The normalized spacial score (nSPS) is 13.5. The van der Waals surface area contributed by atoms with Gasteiger partial charge in [-0.3, -0.25) is 9.38 Å². The molecule has 0 fully saturated rings. The van der Waals surface area contributed by atoms with E-state index in [-0.39, 0.29) is 0 Å². The maximum absolute atomic E-state index is 5.04. The number of pyridine rings is 3. The molecular weight excluding hydrogens is 428 g/mol. The molecule has 3 aromatic carbocycles. The minimum Gasteiger partial charge on any atom is -0.276 e. The molecule has 4 heteroatoms. The van der Waals surface area contributed by atoms with E-state index in [9.17, 15) is 0 Å². The van der Waals surface area contributed by atoms with E-state index in [1.807, 2.05) is 30.7 Å². The van der Waals surface area contributed by atoms with Crippen LogP contribution in [-0.4, -0.2) is 19.4 Å². The van der Waals surface area contributed by atoms with Crippen molar-refractivity contribution in [2.45, 2.75) is 12.8 Å². The molecule has 0 unspecified atom stereocenters. The van der Waals surface area contributed by atoms with Crippen molar-refractivity contribution < 1.29 is 0 Å². The molecule has 9 rings (SSSR count). The number of hydrogen-bond donors (Lipinski definition) is 0. The molecule has 2 aliphatic carbocycles. The molecule has 0 N–H and O–H groups in total. The molecule has 0 bridgehead atoms. The molecule has 4 nitrogen and oxygen atoms in total. The van der Waals surface area contributed by atoms with Gasteiger partial charge in [0.05, 0.1) is 5.52 Å². The highest BCUT2D eigenvalue weighted by Gasteiger charge is 2.28. The fourth-order valence-corrected chi connectivity index (χ4v) is 6.48. The molecular formula is C31H18N4. The molecule has 0 saturated carbocycles. The van der Waals surface area contributed by atoms with Gasteiger partial charge in [-0.05, 0) is 93.1 Å². The van der Waals surface area contributed by atoms with Crippen LogP contribution in [0, 0.1) is 0 Å². The van der Waals surface area contributed by atoms with Crippen molar-refractivity contribution in [3.8, 4) is 22.3 Å². The Bertz CT molecular complexity index is 2070. The van der Waals surface area contributed by atoms with E-state index < -0.39 is 0 Å². The average Bonchev–Trinajstić information content (AvgIpc) is 3.59. The van der Waals surface area contributed by atoms with Gasteiger partial charge in [-0.1, -0.05) is 36.4 Å². The molecule has 0 aliphatic heterocycles. The van der Waals surface area contributed by atoms with E-state index in [4.69, 9.17) is 4.98 Å². The topological polar surface area (TPSA) is 43.1 Å². The van der Waals surface area contributed by atoms with Crippen molar-refractivity contribution in [1.82, 2.24) is 19.4 Å². The van der Waals surface area contributed by atoms with Crippen LogP contribution in [0.3, 0.4) is 0 Å². The van der Waals surface area contributed by atoms with Gasteiger partial charge in [-0.15, -0.1) is 0 Å². The lowest BCUT2D eigenvalue weighted by Crippen LogP contribution is -1.94. The minimum absolute atomic E-state index is 0.886. The van der Waals surface area contributed by atoms with E-state index in [1.54, 1.807) is 0 Å². The van der Waals surface area contributed by atoms with Crippen molar-refractivity contribution >= 4 is 38.5 Å². The van der Waals surface area contributed by atoms with Crippen LogP contribution in [0.4, 0.5) is 0 Å². The second kappa shape index (κ2) is 6.10. The molecule has 0 amide bonds. The second-order valence-corrected chi connectivity index (χ2v) is 9.69. The summed E-state index contributed by atoms with van der Waals surface area (Å²) in [6.45, 7) is 0. The van der Waals surface area contributed by atoms with Crippen LogP contribution in [-0.2, 0) is 12.8 Å². The number of imidazole rings is 1. The van der Waals surface area contributed by atoms with Gasteiger partial charge in [0.2, 0.25) is 0 Å². The summed E-state index contributed by atoms with van der Waals surface area (Å²) in [6, 6.07) is 24.3. The first kappa shape index (κ1) is 17.8. The Hall–Kier alpha value is -4.57. The lowest BCUT2D eigenvalue weighted by molar-refractivity contribution is 1.16. The largest absolute Gasteiger partial charge is 0.276 e. The summed E-state index contributed by atoms with van der Waals surface area (Å²) in [4.78, 5) is 14.2. The molecule has 35 heavy (non-hydrogen) atoms. The summed E-state index contributed by atoms with van der Waals surface area (Å²) in [6.07, 6.45) is 7.67. The summed E-state index contributed by atoms with van der Waals surface area (Å²) < 4.78 is 2.19. The predicted octanol–water partition coefficient (Wildman–Crippen LogP) is 6.73. The number of aromatic nitrogens is 4. The number of hydrogen-bond acceptors (Lipinski definition) is 3. The van der Waals surface area contributed by atoms with Gasteiger partial charge in [-0.2, -0.15) is 0 Å². The molecule has 0 saturated heterocycles. The van der Waals surface area contributed by atoms with Crippen molar-refractivity contribution in [3.05, 3.63) is 108 Å². The van der Waals surface area contributed by atoms with Crippen molar-refractivity contribution in [1.29, 1.82) is 0 Å². The van der Waals surface area contributed by atoms with Crippen LogP contribution in [0.5, 0.6) is 0 Å². The van der Waals surface area contributed by atoms with Gasteiger partial charge in [0.15, 0.2) is 5.65 Å². The number of fused-ring (bicyclic) bond motifs is 15. The van der Waals surface area contributed by atoms with E-state index in [2.05, 4.69) is 69.0 Å². The van der Waals surface area contributed by atoms with Gasteiger partial charge in [0.1, 0.15) is 11.2 Å². The quantitative estimate of drug-likeness (QED) is 0.243. The third-order valence-corrected chi connectivity index (χ3v) is 7.99. The first-order valence-electron chi connectivity index (χ1n) is 12.0. The first-order chi connectivity index (χ1) is 17.3. The van der Waals surface area contributed by atoms with Crippen LogP contribution >= 0.6 is 0 Å². The Morgan fingerprint density at radius 3 is 2.43 bits per heavy atom. The summed E-state index contributed by atoms with van der Waals surface area (Å²) >= 11 is 0. The van der Waals surface area contributed by atoms with E-state index in [0.29, 0.717) is 0 Å². The zero-order valence-electron chi connectivity index (χ0n) is 18.8. The van der Waals surface area contributed by atoms with Crippen LogP contribution in [0.15, 0.2) is 85.3 Å². The molecule has 4 heterocycles. The van der Waals surface area contributed by atoms with Crippen LogP contribution in [0.2, 0.25) is 0 Å². The van der Waals surface area contributed by atoms with E-state index in [1.165, 1.54) is 49.9 Å². The highest BCUT2D eigenvalue weighted by Crippen LogP contribution is 2.48. The van der Waals surface area contributed by atoms with Crippen molar-refractivity contribution in [3.63, 3.8) is 0 Å². The fraction of sp³-hybridized carbons (Fsp3) is 0.0645. The predicted molar refractivity (Wildman–Crippen MR) is 140 cm³/mol. The zero-order valence-corrected chi connectivity index (χ0v) is 18.8. The van der Waals surface area contributed by atoms with Gasteiger partial charge in [0.25, 0.3) is 0 Å². The summed E-state index contributed by atoms with van der Waals surface area (Å²) in [5.74, 6) is 0. The molecule has 0 spiro atoms. The lowest BCUT2D eigenvalue weighted by atomic mass is 9.96. The Morgan fingerprint density at radius 2 is 1.49 bits per heavy atom. The highest BCUT2D eigenvalue weighted by molar-refractivity contribution is 6.15. The molecule has 4 aromatic heterocycles.